The van der Waals surface area contributed by atoms with E-state index < -0.39 is 5.60 Å². The summed E-state index contributed by atoms with van der Waals surface area (Å²) in [6, 6.07) is 0. The number of esters is 1. The van der Waals surface area contributed by atoms with Crippen molar-refractivity contribution < 1.29 is 19.4 Å². The van der Waals surface area contributed by atoms with Gasteiger partial charge in [0.1, 0.15) is 5.60 Å². The van der Waals surface area contributed by atoms with Gasteiger partial charge in [-0.15, -0.1) is 0 Å². The summed E-state index contributed by atoms with van der Waals surface area (Å²) in [5, 5.41) is 8.72. The van der Waals surface area contributed by atoms with E-state index in [4.69, 9.17) is 14.6 Å². The summed E-state index contributed by atoms with van der Waals surface area (Å²) in [5.41, 5.74) is -0.793. The van der Waals surface area contributed by atoms with Crippen LogP contribution in [-0.2, 0) is 14.3 Å². The lowest BCUT2D eigenvalue weighted by molar-refractivity contribution is -0.170. The molecule has 1 N–H and O–H groups in total. The Kier molecular flexibility index (Phi) is 5.81. The molecule has 0 aliphatic heterocycles. The molecule has 19 heavy (non-hydrogen) atoms. The summed E-state index contributed by atoms with van der Waals surface area (Å²) >= 11 is 0. The van der Waals surface area contributed by atoms with Crippen molar-refractivity contribution >= 4 is 5.97 Å². The molecule has 0 radical (unpaired) electrons. The van der Waals surface area contributed by atoms with Crippen LogP contribution in [0.15, 0.2) is 0 Å². The summed E-state index contributed by atoms with van der Waals surface area (Å²) in [6.07, 6.45) is 4.31. The minimum atomic E-state index is -0.422. The zero-order valence-electron chi connectivity index (χ0n) is 12.7. The molecule has 0 aromatic heterocycles. The van der Waals surface area contributed by atoms with E-state index in [2.05, 4.69) is 0 Å². The smallest absolute Gasteiger partial charge is 0.312 e. The molecule has 1 saturated carbocycles. The van der Waals surface area contributed by atoms with Crippen LogP contribution < -0.4 is 0 Å². The quantitative estimate of drug-likeness (QED) is 0.617. The van der Waals surface area contributed by atoms with Gasteiger partial charge in [0.15, 0.2) is 0 Å². The lowest BCUT2D eigenvalue weighted by Crippen LogP contribution is -2.39. The van der Waals surface area contributed by atoms with Gasteiger partial charge < -0.3 is 14.6 Å². The molecule has 4 heteroatoms. The van der Waals surface area contributed by atoms with Crippen LogP contribution in [0, 0.1) is 5.41 Å². The molecule has 0 aromatic carbocycles. The van der Waals surface area contributed by atoms with Crippen molar-refractivity contribution in [2.24, 2.45) is 5.41 Å². The van der Waals surface area contributed by atoms with Gasteiger partial charge in [-0.3, -0.25) is 4.79 Å². The Morgan fingerprint density at radius 2 is 1.89 bits per heavy atom. The third kappa shape index (κ3) is 5.49. The van der Waals surface area contributed by atoms with Crippen molar-refractivity contribution in [3.63, 3.8) is 0 Å². The number of hydrogen-bond donors (Lipinski definition) is 1. The number of hydrogen-bond acceptors (Lipinski definition) is 4. The van der Waals surface area contributed by atoms with Gasteiger partial charge in [0.2, 0.25) is 0 Å². The molecule has 0 heterocycles. The highest BCUT2D eigenvalue weighted by molar-refractivity contribution is 5.76. The molecule has 4 nitrogen and oxygen atoms in total. The lowest BCUT2D eigenvalue weighted by atomic mass is 9.74. The van der Waals surface area contributed by atoms with Gasteiger partial charge in [-0.05, 0) is 59.8 Å². The monoisotopic (exact) mass is 272 g/mol. The van der Waals surface area contributed by atoms with Gasteiger partial charge in [-0.1, -0.05) is 0 Å². The first-order valence-electron chi connectivity index (χ1n) is 7.23. The van der Waals surface area contributed by atoms with E-state index in [-0.39, 0.29) is 24.1 Å². The molecule has 1 rings (SSSR count). The third-order valence-electron chi connectivity index (χ3n) is 3.58. The Labute approximate surface area is 116 Å². The number of aliphatic hydroxyl groups is 1. The van der Waals surface area contributed by atoms with E-state index in [1.165, 1.54) is 0 Å². The second-order valence-electron chi connectivity index (χ2n) is 6.71. The molecule has 1 aliphatic rings. The van der Waals surface area contributed by atoms with Gasteiger partial charge >= 0.3 is 5.97 Å². The van der Waals surface area contributed by atoms with E-state index in [0.717, 1.165) is 25.7 Å². The van der Waals surface area contributed by atoms with E-state index in [0.29, 0.717) is 13.0 Å². The first kappa shape index (κ1) is 16.4. The molecule has 0 amide bonds. The molecule has 112 valence electrons. The Hall–Kier alpha value is -0.610. The SMILES string of the molecule is CC(C)(C)OC(=O)C1(C)CCC(OCCCO)CC1. The van der Waals surface area contributed by atoms with Crippen molar-refractivity contribution in [1.29, 1.82) is 0 Å². The Morgan fingerprint density at radius 1 is 1.32 bits per heavy atom. The Morgan fingerprint density at radius 3 is 2.37 bits per heavy atom. The standard InChI is InChI=1S/C15H28O4/c1-14(2,3)19-13(17)15(4)8-6-12(7-9-15)18-11-5-10-16/h12,16H,5-11H2,1-4H3. The maximum atomic E-state index is 12.2. The maximum Gasteiger partial charge on any atom is 0.312 e. The molecule has 0 atom stereocenters. The lowest BCUT2D eigenvalue weighted by Gasteiger charge is -2.37. The molecular formula is C15H28O4. The average Bonchev–Trinajstić information content (AvgIpc) is 2.30. The van der Waals surface area contributed by atoms with Crippen molar-refractivity contribution in [3.8, 4) is 0 Å². The summed E-state index contributed by atoms with van der Waals surface area (Å²) in [7, 11) is 0. The normalized spacial score (nSPS) is 28.2. The van der Waals surface area contributed by atoms with Gasteiger partial charge in [0.25, 0.3) is 0 Å². The molecular weight excluding hydrogens is 244 g/mol. The van der Waals surface area contributed by atoms with Crippen molar-refractivity contribution in [1.82, 2.24) is 0 Å². The highest BCUT2D eigenvalue weighted by Gasteiger charge is 2.40. The number of aliphatic hydroxyl groups excluding tert-OH is 1. The molecule has 0 unspecified atom stereocenters. The van der Waals surface area contributed by atoms with Gasteiger partial charge in [-0.2, -0.15) is 0 Å². The third-order valence-corrected chi connectivity index (χ3v) is 3.58. The van der Waals surface area contributed by atoms with Crippen LogP contribution in [0.3, 0.4) is 0 Å². The van der Waals surface area contributed by atoms with Gasteiger partial charge in [0, 0.05) is 13.2 Å². The zero-order valence-corrected chi connectivity index (χ0v) is 12.7. The van der Waals surface area contributed by atoms with E-state index in [9.17, 15) is 4.79 Å². The average molecular weight is 272 g/mol. The summed E-state index contributed by atoms with van der Waals surface area (Å²) < 4.78 is 11.2. The summed E-state index contributed by atoms with van der Waals surface area (Å²) in [6.45, 7) is 8.46. The molecule has 0 aromatic rings. The largest absolute Gasteiger partial charge is 0.460 e. The Balaban J connectivity index is 2.40. The minimum Gasteiger partial charge on any atom is -0.460 e. The van der Waals surface area contributed by atoms with Crippen molar-refractivity contribution in [2.45, 2.75) is 71.5 Å². The highest BCUT2D eigenvalue weighted by atomic mass is 16.6. The first-order valence-corrected chi connectivity index (χ1v) is 7.23. The second-order valence-corrected chi connectivity index (χ2v) is 6.71. The van der Waals surface area contributed by atoms with E-state index >= 15 is 0 Å². The zero-order chi connectivity index (χ0) is 14.5. The number of carbonyl (C=O) groups is 1. The summed E-state index contributed by atoms with van der Waals surface area (Å²) in [5.74, 6) is -0.0891. The van der Waals surface area contributed by atoms with Crippen LogP contribution in [0.25, 0.3) is 0 Å². The fraction of sp³-hybridized carbons (Fsp3) is 0.933. The fourth-order valence-corrected chi connectivity index (χ4v) is 2.32. The van der Waals surface area contributed by atoms with Crippen LogP contribution >= 0.6 is 0 Å². The van der Waals surface area contributed by atoms with Crippen LogP contribution in [0.5, 0.6) is 0 Å². The topological polar surface area (TPSA) is 55.8 Å². The maximum absolute atomic E-state index is 12.2. The predicted molar refractivity (Wildman–Crippen MR) is 73.9 cm³/mol. The fourth-order valence-electron chi connectivity index (χ4n) is 2.32. The van der Waals surface area contributed by atoms with Crippen molar-refractivity contribution in [2.75, 3.05) is 13.2 Å². The minimum absolute atomic E-state index is 0.0891. The predicted octanol–water partition coefficient (Wildman–Crippen LogP) is 2.68. The first-order chi connectivity index (χ1) is 8.77. The van der Waals surface area contributed by atoms with Gasteiger partial charge in [-0.25, -0.2) is 0 Å². The molecule has 1 aliphatic carbocycles. The van der Waals surface area contributed by atoms with Crippen LogP contribution in [0.2, 0.25) is 0 Å². The van der Waals surface area contributed by atoms with Crippen LogP contribution in [0.1, 0.15) is 59.8 Å². The second kappa shape index (κ2) is 6.71. The number of carbonyl (C=O) groups excluding carboxylic acids is 1. The van der Waals surface area contributed by atoms with Gasteiger partial charge in [0.05, 0.1) is 11.5 Å². The Bertz CT molecular complexity index is 285. The number of ether oxygens (including phenoxy) is 2. The van der Waals surface area contributed by atoms with Crippen LogP contribution in [0.4, 0.5) is 0 Å². The highest BCUT2D eigenvalue weighted by Crippen LogP contribution is 2.39. The summed E-state index contributed by atoms with van der Waals surface area (Å²) in [4.78, 5) is 12.2. The van der Waals surface area contributed by atoms with Crippen molar-refractivity contribution in [3.05, 3.63) is 0 Å². The molecule has 0 spiro atoms. The number of rotatable bonds is 5. The van der Waals surface area contributed by atoms with Crippen LogP contribution in [-0.4, -0.2) is 36.0 Å². The van der Waals surface area contributed by atoms with E-state index in [1.54, 1.807) is 0 Å². The van der Waals surface area contributed by atoms with E-state index in [1.807, 2.05) is 27.7 Å². The molecule has 0 bridgehead atoms. The molecule has 1 fully saturated rings. The molecule has 0 saturated heterocycles.